The number of amides is 2. The average molecular weight is 474 g/mol. The lowest BCUT2D eigenvalue weighted by molar-refractivity contribution is -0.135. The van der Waals surface area contributed by atoms with E-state index in [0.29, 0.717) is 43.2 Å². The Morgan fingerprint density at radius 3 is 2.39 bits per heavy atom. The third-order valence-electron chi connectivity index (χ3n) is 5.67. The predicted octanol–water partition coefficient (Wildman–Crippen LogP) is 1.83. The van der Waals surface area contributed by atoms with E-state index >= 15 is 0 Å². The maximum absolute atomic E-state index is 13.0. The second-order valence-corrected chi connectivity index (χ2v) is 10.1. The van der Waals surface area contributed by atoms with Crippen LogP contribution in [-0.2, 0) is 21.4 Å². The van der Waals surface area contributed by atoms with E-state index in [1.165, 1.54) is 12.1 Å². The molecule has 0 aliphatic carbocycles. The van der Waals surface area contributed by atoms with Gasteiger partial charge in [0.1, 0.15) is 0 Å². The highest BCUT2D eigenvalue weighted by atomic mass is 32.2. The van der Waals surface area contributed by atoms with Gasteiger partial charge >= 0.3 is 0 Å². The molecule has 10 heteroatoms. The van der Waals surface area contributed by atoms with Crippen molar-refractivity contribution in [1.82, 2.24) is 14.5 Å². The van der Waals surface area contributed by atoms with Gasteiger partial charge in [0, 0.05) is 44.2 Å². The first-order chi connectivity index (χ1) is 15.7. The van der Waals surface area contributed by atoms with Gasteiger partial charge in [-0.3, -0.25) is 9.59 Å². The summed E-state index contributed by atoms with van der Waals surface area (Å²) in [4.78, 5) is 28.5. The molecular formula is C23H27N3O6S. The quantitative estimate of drug-likeness (QED) is 0.686. The Morgan fingerprint density at radius 1 is 0.970 bits per heavy atom. The Hall–Kier alpha value is -3.11. The number of carbonyl (C=O) groups excluding carboxylic acids is 2. The molecule has 0 spiro atoms. The lowest BCUT2D eigenvalue weighted by atomic mass is 10.1. The number of nitrogens with one attached hydrogen (secondary N) is 1. The standard InChI is InChI=1S/C23H27N3O6S/c1-16(2)22(27)25-8-10-26(11-9-25)23(28)18-4-3-5-19(13-18)33(29,30)24-14-17-6-7-20-21(12-17)32-15-31-20/h3-7,12-13,16,24H,8-11,14-15H2,1-2H3. The highest BCUT2D eigenvalue weighted by Gasteiger charge is 2.26. The van der Waals surface area contributed by atoms with Gasteiger partial charge < -0.3 is 19.3 Å². The second kappa shape index (κ2) is 9.40. The summed E-state index contributed by atoms with van der Waals surface area (Å²) in [7, 11) is -3.83. The van der Waals surface area contributed by atoms with Gasteiger partial charge in [0.2, 0.25) is 22.7 Å². The monoisotopic (exact) mass is 473 g/mol. The highest BCUT2D eigenvalue weighted by molar-refractivity contribution is 7.89. The fourth-order valence-electron chi connectivity index (χ4n) is 3.79. The van der Waals surface area contributed by atoms with E-state index in [-0.39, 0.29) is 36.0 Å². The van der Waals surface area contributed by atoms with Crippen LogP contribution in [0.3, 0.4) is 0 Å². The van der Waals surface area contributed by atoms with E-state index in [9.17, 15) is 18.0 Å². The first kappa shape index (κ1) is 23.1. The molecule has 33 heavy (non-hydrogen) atoms. The van der Waals surface area contributed by atoms with Gasteiger partial charge in [-0.25, -0.2) is 13.1 Å². The molecule has 1 saturated heterocycles. The minimum absolute atomic E-state index is 0.0164. The molecule has 2 aromatic rings. The zero-order chi connectivity index (χ0) is 23.6. The number of fused-ring (bicyclic) bond motifs is 1. The summed E-state index contributed by atoms with van der Waals surface area (Å²) >= 11 is 0. The maximum Gasteiger partial charge on any atom is 0.254 e. The topological polar surface area (TPSA) is 105 Å². The first-order valence-electron chi connectivity index (χ1n) is 10.8. The summed E-state index contributed by atoms with van der Waals surface area (Å²) in [6, 6.07) is 11.2. The Labute approximate surface area is 193 Å². The minimum atomic E-state index is -3.83. The van der Waals surface area contributed by atoms with Crippen molar-refractivity contribution in [2.45, 2.75) is 25.3 Å². The molecule has 0 bridgehead atoms. The van der Waals surface area contributed by atoms with Crippen LogP contribution in [0.4, 0.5) is 0 Å². The maximum atomic E-state index is 13.0. The van der Waals surface area contributed by atoms with Crippen molar-refractivity contribution in [2.75, 3.05) is 33.0 Å². The molecule has 2 amide bonds. The highest BCUT2D eigenvalue weighted by Crippen LogP contribution is 2.32. The molecule has 176 valence electrons. The van der Waals surface area contributed by atoms with Crippen LogP contribution >= 0.6 is 0 Å². The van der Waals surface area contributed by atoms with Gasteiger partial charge in [0.25, 0.3) is 5.91 Å². The van der Waals surface area contributed by atoms with Crippen molar-refractivity contribution < 1.29 is 27.5 Å². The Kier molecular flexibility index (Phi) is 6.57. The van der Waals surface area contributed by atoms with Crippen LogP contribution < -0.4 is 14.2 Å². The van der Waals surface area contributed by atoms with Gasteiger partial charge in [-0.1, -0.05) is 26.0 Å². The number of hydrogen-bond donors (Lipinski definition) is 1. The molecule has 2 aromatic carbocycles. The van der Waals surface area contributed by atoms with Crippen molar-refractivity contribution in [3.8, 4) is 11.5 Å². The smallest absolute Gasteiger partial charge is 0.254 e. The zero-order valence-corrected chi connectivity index (χ0v) is 19.4. The van der Waals surface area contributed by atoms with E-state index in [1.54, 1.807) is 40.1 Å². The number of rotatable bonds is 6. The SMILES string of the molecule is CC(C)C(=O)N1CCN(C(=O)c2cccc(S(=O)(=O)NCc3ccc4c(c3)OCO4)c2)CC1. The molecule has 0 aromatic heterocycles. The summed E-state index contributed by atoms with van der Waals surface area (Å²) in [5, 5.41) is 0. The zero-order valence-electron chi connectivity index (χ0n) is 18.6. The van der Waals surface area contributed by atoms with E-state index in [4.69, 9.17) is 9.47 Å². The third kappa shape index (κ3) is 5.12. The van der Waals surface area contributed by atoms with Crippen LogP contribution in [0.1, 0.15) is 29.8 Å². The summed E-state index contributed by atoms with van der Waals surface area (Å²) in [5.41, 5.74) is 1.02. The lowest BCUT2D eigenvalue weighted by Crippen LogP contribution is -2.51. The minimum Gasteiger partial charge on any atom is -0.454 e. The van der Waals surface area contributed by atoms with Crippen LogP contribution in [-0.4, -0.2) is 63.0 Å². The molecule has 1 N–H and O–H groups in total. The van der Waals surface area contributed by atoms with Crippen molar-refractivity contribution in [1.29, 1.82) is 0 Å². The van der Waals surface area contributed by atoms with Crippen molar-refractivity contribution in [3.63, 3.8) is 0 Å². The average Bonchev–Trinajstić information content (AvgIpc) is 3.30. The molecule has 2 aliphatic heterocycles. The summed E-state index contributed by atoms with van der Waals surface area (Å²) < 4.78 is 38.8. The van der Waals surface area contributed by atoms with Crippen molar-refractivity contribution in [3.05, 3.63) is 53.6 Å². The van der Waals surface area contributed by atoms with Gasteiger partial charge in [0.15, 0.2) is 11.5 Å². The van der Waals surface area contributed by atoms with Crippen molar-refractivity contribution >= 4 is 21.8 Å². The molecule has 0 atom stereocenters. The summed E-state index contributed by atoms with van der Waals surface area (Å²) in [6.07, 6.45) is 0. The number of ether oxygens (including phenoxy) is 2. The first-order valence-corrected chi connectivity index (χ1v) is 12.3. The van der Waals surface area contributed by atoms with Crippen LogP contribution in [0.25, 0.3) is 0 Å². The van der Waals surface area contributed by atoms with Crippen LogP contribution in [0.2, 0.25) is 0 Å². The fraction of sp³-hybridized carbons (Fsp3) is 0.391. The van der Waals surface area contributed by atoms with Gasteiger partial charge in [-0.15, -0.1) is 0 Å². The molecule has 1 fully saturated rings. The van der Waals surface area contributed by atoms with E-state index in [2.05, 4.69) is 4.72 Å². The van der Waals surface area contributed by atoms with Crippen molar-refractivity contribution in [2.24, 2.45) is 5.92 Å². The summed E-state index contributed by atoms with van der Waals surface area (Å²) in [5.74, 6) is 0.944. The fourth-order valence-corrected chi connectivity index (χ4v) is 4.85. The van der Waals surface area contributed by atoms with Gasteiger partial charge in [0.05, 0.1) is 4.90 Å². The third-order valence-corrected chi connectivity index (χ3v) is 7.07. The Balaban J connectivity index is 1.40. The normalized spacial score (nSPS) is 15.7. The lowest BCUT2D eigenvalue weighted by Gasteiger charge is -2.35. The van der Waals surface area contributed by atoms with Crippen LogP contribution in [0.5, 0.6) is 11.5 Å². The second-order valence-electron chi connectivity index (χ2n) is 8.31. The molecule has 0 unspecified atom stereocenters. The Bertz CT molecular complexity index is 1160. The largest absolute Gasteiger partial charge is 0.454 e. The number of sulfonamides is 1. The number of nitrogens with zero attached hydrogens (tertiary/aromatic N) is 2. The molecule has 4 rings (SSSR count). The molecule has 2 heterocycles. The Morgan fingerprint density at radius 2 is 1.67 bits per heavy atom. The summed E-state index contributed by atoms with van der Waals surface area (Å²) in [6.45, 7) is 5.69. The predicted molar refractivity (Wildman–Crippen MR) is 120 cm³/mol. The van der Waals surface area contributed by atoms with Crippen LogP contribution in [0, 0.1) is 5.92 Å². The number of benzene rings is 2. The van der Waals surface area contributed by atoms with Crippen LogP contribution in [0.15, 0.2) is 47.4 Å². The van der Waals surface area contributed by atoms with Gasteiger partial charge in [-0.05, 0) is 35.9 Å². The van der Waals surface area contributed by atoms with E-state index < -0.39 is 10.0 Å². The number of piperazine rings is 1. The number of hydrogen-bond acceptors (Lipinski definition) is 6. The molecule has 9 nitrogen and oxygen atoms in total. The molecule has 0 saturated carbocycles. The molecule has 0 radical (unpaired) electrons. The van der Waals surface area contributed by atoms with E-state index in [0.717, 1.165) is 5.56 Å². The van der Waals surface area contributed by atoms with Gasteiger partial charge in [-0.2, -0.15) is 0 Å². The molecular weight excluding hydrogens is 446 g/mol. The number of carbonyl (C=O) groups is 2. The molecule has 2 aliphatic rings. The van der Waals surface area contributed by atoms with E-state index in [1.807, 2.05) is 13.8 Å².